The maximum atomic E-state index is 13.0. The molecule has 6 nitrogen and oxygen atoms in total. The van der Waals surface area contributed by atoms with Gasteiger partial charge in [-0.25, -0.2) is 4.98 Å². The molecule has 1 unspecified atom stereocenters. The summed E-state index contributed by atoms with van der Waals surface area (Å²) in [7, 11) is 1.75. The van der Waals surface area contributed by atoms with Crippen molar-refractivity contribution in [3.63, 3.8) is 0 Å². The van der Waals surface area contributed by atoms with Crippen LogP contribution in [0.5, 0.6) is 0 Å². The number of amides is 2. The van der Waals surface area contributed by atoms with E-state index >= 15 is 0 Å². The fourth-order valence-electron chi connectivity index (χ4n) is 2.92. The molecule has 1 aromatic heterocycles. The minimum atomic E-state index is -0.625. The molecule has 0 fully saturated rings. The molecule has 3 aromatic rings. The third-order valence-electron chi connectivity index (χ3n) is 4.23. The van der Waals surface area contributed by atoms with Crippen LogP contribution >= 0.6 is 15.9 Å². The highest BCUT2D eigenvalue weighted by molar-refractivity contribution is 9.10. The summed E-state index contributed by atoms with van der Waals surface area (Å²) in [4.78, 5) is 31.4. The van der Waals surface area contributed by atoms with Gasteiger partial charge in [0.25, 0.3) is 0 Å². The largest absolute Gasteiger partial charge is 0.324 e. The SMILES string of the molecule is CN(CC(=O)Nc1ccc(Br)cn1)C(C(=O)Nc1ccccc1)c1ccccc1. The summed E-state index contributed by atoms with van der Waals surface area (Å²) < 4.78 is 0.828. The fraction of sp³-hybridized carbons (Fsp3) is 0.136. The molecule has 2 amide bonds. The summed E-state index contributed by atoms with van der Waals surface area (Å²) in [5, 5.41) is 5.67. The first-order chi connectivity index (χ1) is 14.0. The minimum Gasteiger partial charge on any atom is -0.324 e. The van der Waals surface area contributed by atoms with Gasteiger partial charge in [0.15, 0.2) is 0 Å². The molecule has 0 bridgehead atoms. The van der Waals surface area contributed by atoms with Crippen LogP contribution < -0.4 is 10.6 Å². The summed E-state index contributed by atoms with van der Waals surface area (Å²) >= 11 is 3.31. The topological polar surface area (TPSA) is 74.3 Å². The molecule has 0 saturated heterocycles. The number of hydrogen-bond donors (Lipinski definition) is 2. The van der Waals surface area contributed by atoms with E-state index in [1.54, 1.807) is 30.3 Å². The molecule has 29 heavy (non-hydrogen) atoms. The Morgan fingerprint density at radius 3 is 2.24 bits per heavy atom. The minimum absolute atomic E-state index is 0.0273. The lowest BCUT2D eigenvalue weighted by Gasteiger charge is -2.27. The number of halogens is 1. The van der Waals surface area contributed by atoms with Gasteiger partial charge in [-0.05, 0) is 52.8 Å². The number of aromatic nitrogens is 1. The van der Waals surface area contributed by atoms with Crippen LogP contribution in [0, 0.1) is 0 Å². The highest BCUT2D eigenvalue weighted by Crippen LogP contribution is 2.22. The molecule has 7 heteroatoms. The molecule has 0 spiro atoms. The van der Waals surface area contributed by atoms with E-state index in [0.29, 0.717) is 11.5 Å². The van der Waals surface area contributed by atoms with Gasteiger partial charge < -0.3 is 10.6 Å². The van der Waals surface area contributed by atoms with Crippen molar-refractivity contribution in [1.29, 1.82) is 0 Å². The molecule has 0 aliphatic rings. The molecular weight excluding hydrogens is 432 g/mol. The summed E-state index contributed by atoms with van der Waals surface area (Å²) in [6.07, 6.45) is 1.61. The predicted molar refractivity (Wildman–Crippen MR) is 117 cm³/mol. The summed E-state index contributed by atoms with van der Waals surface area (Å²) in [5.74, 6) is -0.00757. The molecule has 0 aliphatic carbocycles. The van der Waals surface area contributed by atoms with Gasteiger partial charge in [0, 0.05) is 16.4 Å². The van der Waals surface area contributed by atoms with E-state index in [-0.39, 0.29) is 18.4 Å². The number of anilines is 2. The van der Waals surface area contributed by atoms with Crippen molar-refractivity contribution in [2.24, 2.45) is 0 Å². The lowest BCUT2D eigenvalue weighted by Crippen LogP contribution is -2.39. The Kier molecular flexibility index (Phi) is 7.10. The van der Waals surface area contributed by atoms with Crippen LogP contribution in [-0.2, 0) is 9.59 Å². The van der Waals surface area contributed by atoms with E-state index in [1.807, 2.05) is 60.7 Å². The average Bonchev–Trinajstić information content (AvgIpc) is 2.71. The van der Waals surface area contributed by atoms with Crippen molar-refractivity contribution in [1.82, 2.24) is 9.88 Å². The Hall–Kier alpha value is -3.03. The Bertz CT molecular complexity index is 950. The number of carbonyl (C=O) groups is 2. The van der Waals surface area contributed by atoms with Crippen molar-refractivity contribution < 1.29 is 9.59 Å². The van der Waals surface area contributed by atoms with Gasteiger partial charge >= 0.3 is 0 Å². The van der Waals surface area contributed by atoms with E-state index in [1.165, 1.54) is 0 Å². The highest BCUT2D eigenvalue weighted by Gasteiger charge is 2.26. The molecule has 3 rings (SSSR count). The van der Waals surface area contributed by atoms with Crippen LogP contribution in [0.15, 0.2) is 83.5 Å². The summed E-state index contributed by atoms with van der Waals surface area (Å²) in [6, 6.07) is 21.5. The third kappa shape index (κ3) is 5.97. The quantitative estimate of drug-likeness (QED) is 0.565. The zero-order chi connectivity index (χ0) is 20.6. The predicted octanol–water partition coefficient (Wildman–Crippen LogP) is 4.09. The van der Waals surface area contributed by atoms with Crippen LogP contribution in [0.25, 0.3) is 0 Å². The van der Waals surface area contributed by atoms with E-state index in [2.05, 4.69) is 31.5 Å². The van der Waals surface area contributed by atoms with Crippen LogP contribution in [-0.4, -0.2) is 35.3 Å². The second-order valence-electron chi connectivity index (χ2n) is 6.49. The molecule has 0 aliphatic heterocycles. The fourth-order valence-corrected chi connectivity index (χ4v) is 3.16. The first-order valence-corrected chi connectivity index (χ1v) is 9.85. The van der Waals surface area contributed by atoms with Gasteiger partial charge in [0.05, 0.1) is 6.54 Å². The maximum absolute atomic E-state index is 13.0. The van der Waals surface area contributed by atoms with Crippen LogP contribution in [0.1, 0.15) is 11.6 Å². The van der Waals surface area contributed by atoms with Crippen molar-refractivity contribution in [3.05, 3.63) is 89.0 Å². The lowest BCUT2D eigenvalue weighted by atomic mass is 10.0. The van der Waals surface area contributed by atoms with Crippen molar-refractivity contribution >= 4 is 39.2 Å². The first kappa shape index (κ1) is 20.7. The Balaban J connectivity index is 1.73. The molecule has 148 valence electrons. The Morgan fingerprint density at radius 1 is 0.966 bits per heavy atom. The average molecular weight is 453 g/mol. The van der Waals surface area contributed by atoms with Crippen molar-refractivity contribution in [3.8, 4) is 0 Å². The monoisotopic (exact) mass is 452 g/mol. The standard InChI is InChI=1S/C22H21BrN4O2/c1-27(15-20(28)26-19-13-12-17(23)14-24-19)21(16-8-4-2-5-9-16)22(29)25-18-10-6-3-7-11-18/h2-14,21H,15H2,1H3,(H,25,29)(H,24,26,28). The smallest absolute Gasteiger partial charge is 0.246 e. The molecule has 2 N–H and O–H groups in total. The zero-order valence-corrected chi connectivity index (χ0v) is 17.5. The number of hydrogen-bond acceptors (Lipinski definition) is 4. The molecule has 0 saturated carbocycles. The number of likely N-dealkylation sites (N-methyl/N-ethyl adjacent to an activating group) is 1. The Morgan fingerprint density at radius 2 is 1.62 bits per heavy atom. The number of para-hydroxylation sites is 1. The lowest BCUT2D eigenvalue weighted by molar-refractivity contribution is -0.123. The van der Waals surface area contributed by atoms with E-state index < -0.39 is 6.04 Å². The molecular formula is C22H21BrN4O2. The number of rotatable bonds is 7. The van der Waals surface area contributed by atoms with E-state index in [0.717, 1.165) is 10.0 Å². The maximum Gasteiger partial charge on any atom is 0.246 e. The van der Waals surface area contributed by atoms with Crippen LogP contribution in [0.3, 0.4) is 0 Å². The molecule has 2 aromatic carbocycles. The van der Waals surface area contributed by atoms with E-state index in [9.17, 15) is 9.59 Å². The summed E-state index contributed by atoms with van der Waals surface area (Å²) in [6.45, 7) is 0.0273. The van der Waals surface area contributed by atoms with Gasteiger partial charge in [-0.1, -0.05) is 48.5 Å². The summed E-state index contributed by atoms with van der Waals surface area (Å²) in [5.41, 5.74) is 1.51. The van der Waals surface area contributed by atoms with Crippen molar-refractivity contribution in [2.45, 2.75) is 6.04 Å². The second-order valence-corrected chi connectivity index (χ2v) is 7.41. The molecule has 1 heterocycles. The normalized spacial score (nSPS) is 11.7. The third-order valence-corrected chi connectivity index (χ3v) is 4.70. The van der Waals surface area contributed by atoms with Gasteiger partial charge in [0.2, 0.25) is 11.8 Å². The van der Waals surface area contributed by atoms with Gasteiger partial charge in [-0.3, -0.25) is 14.5 Å². The number of carbonyl (C=O) groups excluding carboxylic acids is 2. The van der Waals surface area contributed by atoms with Crippen LogP contribution in [0.4, 0.5) is 11.5 Å². The van der Waals surface area contributed by atoms with Crippen LogP contribution in [0.2, 0.25) is 0 Å². The molecule has 0 radical (unpaired) electrons. The number of pyridine rings is 1. The number of nitrogens with one attached hydrogen (secondary N) is 2. The van der Waals surface area contributed by atoms with Gasteiger partial charge in [-0.2, -0.15) is 0 Å². The zero-order valence-electron chi connectivity index (χ0n) is 15.9. The van der Waals surface area contributed by atoms with Gasteiger partial charge in [0.1, 0.15) is 11.9 Å². The second kappa shape index (κ2) is 9.95. The van der Waals surface area contributed by atoms with Gasteiger partial charge in [-0.15, -0.1) is 0 Å². The Labute approximate surface area is 178 Å². The van der Waals surface area contributed by atoms with Crippen molar-refractivity contribution in [2.75, 3.05) is 24.2 Å². The highest BCUT2D eigenvalue weighted by atomic mass is 79.9. The first-order valence-electron chi connectivity index (χ1n) is 9.05. The van der Waals surface area contributed by atoms with E-state index in [4.69, 9.17) is 0 Å². The number of nitrogens with zero attached hydrogens (tertiary/aromatic N) is 2. The molecule has 1 atom stereocenters. The number of benzene rings is 2.